The van der Waals surface area contributed by atoms with Crippen molar-refractivity contribution in [2.24, 2.45) is 5.14 Å². The standard InChI is InChI=1S/C2H5N3S2/c3-7-2-1-4-5(7)6/h1-4,6H/p+1. The Morgan fingerprint density at radius 3 is 2.71 bits per heavy atom. The molecule has 0 aromatic heterocycles. The lowest BCUT2D eigenvalue weighted by molar-refractivity contribution is 0.665. The zero-order valence-corrected chi connectivity index (χ0v) is 5.25. The van der Waals surface area contributed by atoms with Crippen molar-refractivity contribution in [3.8, 4) is 0 Å². The molecule has 0 radical (unpaired) electrons. The molecule has 0 aliphatic carbocycles. The zero-order chi connectivity index (χ0) is 5.28. The highest BCUT2D eigenvalue weighted by molar-refractivity contribution is 8.04. The Morgan fingerprint density at radius 1 is 1.86 bits per heavy atom. The number of thiol groups is 1. The maximum Gasteiger partial charge on any atom is 0.227 e. The second kappa shape index (κ2) is 1.95. The van der Waals surface area contributed by atoms with E-state index in [0.717, 1.165) is 0 Å². The normalized spacial score (nSPS) is 30.9. The largest absolute Gasteiger partial charge is 0.269 e. The SMILES string of the molecule is N[S+]1C=CNN1S. The van der Waals surface area contributed by atoms with Crippen LogP contribution in [0, 0.1) is 0 Å². The summed E-state index contributed by atoms with van der Waals surface area (Å²) in [6.07, 6.45) is 1.76. The van der Waals surface area contributed by atoms with Crippen molar-refractivity contribution >= 4 is 24.1 Å². The fourth-order valence-electron chi connectivity index (χ4n) is 0.282. The fourth-order valence-corrected chi connectivity index (χ4v) is 1.01. The van der Waals surface area contributed by atoms with E-state index in [1.54, 1.807) is 10.0 Å². The summed E-state index contributed by atoms with van der Waals surface area (Å²) in [6, 6.07) is 0. The molecule has 1 aliphatic heterocycles. The van der Waals surface area contributed by atoms with Crippen LogP contribution in [0.1, 0.15) is 0 Å². The monoisotopic (exact) mass is 136 g/mol. The van der Waals surface area contributed by atoms with Crippen molar-refractivity contribution in [3.05, 3.63) is 11.6 Å². The van der Waals surface area contributed by atoms with Crippen LogP contribution in [-0.4, -0.2) is 3.82 Å². The molecule has 5 heteroatoms. The lowest BCUT2D eigenvalue weighted by Gasteiger charge is -1.97. The molecule has 0 saturated heterocycles. The van der Waals surface area contributed by atoms with Crippen LogP contribution in [0.15, 0.2) is 11.6 Å². The van der Waals surface area contributed by atoms with Crippen molar-refractivity contribution in [2.75, 3.05) is 0 Å². The van der Waals surface area contributed by atoms with Gasteiger partial charge in [-0.05, 0) is 12.8 Å². The highest BCUT2D eigenvalue weighted by atomic mass is 32.3. The first-order valence-electron chi connectivity index (χ1n) is 1.70. The number of nitrogens with two attached hydrogens (primary N) is 1. The Kier molecular flexibility index (Phi) is 1.48. The molecule has 1 heterocycles. The van der Waals surface area contributed by atoms with E-state index < -0.39 is 0 Å². The molecule has 1 unspecified atom stereocenters. The van der Waals surface area contributed by atoms with E-state index in [1.807, 2.05) is 5.41 Å². The third-order valence-electron chi connectivity index (χ3n) is 0.592. The molecule has 1 aliphatic rings. The first-order valence-corrected chi connectivity index (χ1v) is 3.41. The molecule has 0 saturated carbocycles. The zero-order valence-electron chi connectivity index (χ0n) is 3.53. The first kappa shape index (κ1) is 5.30. The van der Waals surface area contributed by atoms with Gasteiger partial charge in [-0.25, -0.2) is 0 Å². The van der Waals surface area contributed by atoms with Crippen LogP contribution in [0.5, 0.6) is 0 Å². The fraction of sp³-hybridized carbons (Fsp3) is 0. The smallest absolute Gasteiger partial charge is 0.227 e. The molecule has 0 bridgehead atoms. The third-order valence-corrected chi connectivity index (χ3v) is 2.19. The number of hydrogen-bond donors (Lipinski definition) is 3. The van der Waals surface area contributed by atoms with Crippen molar-refractivity contribution in [1.82, 2.24) is 9.25 Å². The first-order chi connectivity index (χ1) is 3.30. The van der Waals surface area contributed by atoms with Crippen LogP contribution in [0.4, 0.5) is 0 Å². The van der Waals surface area contributed by atoms with Gasteiger partial charge in [-0.3, -0.25) is 5.43 Å². The lowest BCUT2D eigenvalue weighted by Crippen LogP contribution is -2.29. The van der Waals surface area contributed by atoms with E-state index in [9.17, 15) is 0 Å². The van der Waals surface area contributed by atoms with E-state index >= 15 is 0 Å². The van der Waals surface area contributed by atoms with E-state index in [4.69, 9.17) is 5.14 Å². The average Bonchev–Trinajstić information content (AvgIpc) is 1.91. The van der Waals surface area contributed by atoms with Gasteiger partial charge in [0.2, 0.25) is 11.3 Å². The summed E-state index contributed by atoms with van der Waals surface area (Å²) in [7, 11) is 0. The molecule has 1 rings (SSSR count). The van der Waals surface area contributed by atoms with Gasteiger partial charge >= 0.3 is 0 Å². The van der Waals surface area contributed by atoms with Gasteiger partial charge in [-0.1, -0.05) is 0 Å². The molecule has 7 heavy (non-hydrogen) atoms. The summed E-state index contributed by atoms with van der Waals surface area (Å²) < 4.78 is 1.54. The summed E-state index contributed by atoms with van der Waals surface area (Å²) in [5.74, 6) is 0. The summed E-state index contributed by atoms with van der Waals surface area (Å²) >= 11 is 3.62. The van der Waals surface area contributed by atoms with Gasteiger partial charge in [-0.15, -0.1) is 5.14 Å². The quantitative estimate of drug-likeness (QED) is 0.311. The molecule has 0 spiro atoms. The van der Waals surface area contributed by atoms with E-state index in [2.05, 4.69) is 18.2 Å². The topological polar surface area (TPSA) is 41.3 Å². The van der Waals surface area contributed by atoms with Gasteiger partial charge in [0, 0.05) is 3.82 Å². The molecule has 1 atom stereocenters. The van der Waals surface area contributed by atoms with Crippen molar-refractivity contribution in [1.29, 1.82) is 0 Å². The van der Waals surface area contributed by atoms with Gasteiger partial charge in [0.25, 0.3) is 0 Å². The molecule has 3 nitrogen and oxygen atoms in total. The van der Waals surface area contributed by atoms with Gasteiger partial charge in [-0.2, -0.15) is 0 Å². The summed E-state index contributed by atoms with van der Waals surface area (Å²) in [5, 5.41) is 7.25. The Labute approximate surface area is 50.7 Å². The Bertz CT molecular complexity index is 92.9. The molecule has 0 fully saturated rings. The minimum absolute atomic E-state index is 0.312. The van der Waals surface area contributed by atoms with Crippen LogP contribution < -0.4 is 10.6 Å². The summed E-state index contributed by atoms with van der Waals surface area (Å²) in [5.41, 5.74) is 2.77. The number of nitrogens with zero attached hydrogens (tertiary/aromatic N) is 1. The van der Waals surface area contributed by atoms with Gasteiger partial charge in [0.05, 0.1) is 6.20 Å². The van der Waals surface area contributed by atoms with Crippen LogP contribution in [0.25, 0.3) is 0 Å². The maximum absolute atomic E-state index is 5.41. The molecular weight excluding hydrogens is 130 g/mol. The molecule has 40 valence electrons. The van der Waals surface area contributed by atoms with E-state index in [0.29, 0.717) is 0 Å². The number of hydrazine groups is 1. The van der Waals surface area contributed by atoms with Gasteiger partial charge in [0.1, 0.15) is 0 Å². The minimum atomic E-state index is -0.312. The highest BCUT2D eigenvalue weighted by Crippen LogP contribution is 2.04. The van der Waals surface area contributed by atoms with Crippen molar-refractivity contribution in [3.63, 3.8) is 0 Å². The molecule has 0 amide bonds. The van der Waals surface area contributed by atoms with Crippen LogP contribution >= 0.6 is 12.8 Å². The van der Waals surface area contributed by atoms with Gasteiger partial charge in [0.15, 0.2) is 5.41 Å². The number of hydrogen-bond acceptors (Lipinski definition) is 4. The number of rotatable bonds is 0. The maximum atomic E-state index is 5.41. The minimum Gasteiger partial charge on any atom is -0.269 e. The third kappa shape index (κ3) is 1.03. The van der Waals surface area contributed by atoms with E-state index in [-0.39, 0.29) is 11.3 Å². The molecule has 3 N–H and O–H groups in total. The molecule has 0 aromatic rings. The Morgan fingerprint density at radius 2 is 2.57 bits per heavy atom. The average molecular weight is 136 g/mol. The van der Waals surface area contributed by atoms with Crippen molar-refractivity contribution < 1.29 is 0 Å². The van der Waals surface area contributed by atoms with Crippen LogP contribution in [0.3, 0.4) is 0 Å². The van der Waals surface area contributed by atoms with Crippen molar-refractivity contribution in [2.45, 2.75) is 0 Å². The van der Waals surface area contributed by atoms with Crippen LogP contribution in [0.2, 0.25) is 0 Å². The molecule has 0 aromatic carbocycles. The number of nitrogens with one attached hydrogen (secondary N) is 1. The Balaban J connectivity index is 2.45. The predicted octanol–water partition coefficient (Wildman–Crippen LogP) is -0.470. The second-order valence-corrected chi connectivity index (χ2v) is 3.05. The molecular formula is C2H6N3S2+. The van der Waals surface area contributed by atoms with E-state index in [1.165, 1.54) is 0 Å². The summed E-state index contributed by atoms with van der Waals surface area (Å²) in [4.78, 5) is 0. The summed E-state index contributed by atoms with van der Waals surface area (Å²) in [6.45, 7) is 0. The second-order valence-electron chi connectivity index (χ2n) is 1.05. The van der Waals surface area contributed by atoms with Gasteiger partial charge < -0.3 is 0 Å². The highest BCUT2D eigenvalue weighted by Gasteiger charge is 2.22. The van der Waals surface area contributed by atoms with Crippen LogP contribution in [-0.2, 0) is 11.3 Å². The predicted molar refractivity (Wildman–Crippen MR) is 34.7 cm³/mol. The Hall–Kier alpha value is 0.160. The lowest BCUT2D eigenvalue weighted by atomic mass is 11.1.